The maximum absolute atomic E-state index is 12.3. The van der Waals surface area contributed by atoms with Gasteiger partial charge >= 0.3 is 0 Å². The van der Waals surface area contributed by atoms with E-state index in [1.165, 1.54) is 4.88 Å². The first kappa shape index (κ1) is 16.5. The van der Waals surface area contributed by atoms with Crippen LogP contribution in [-0.4, -0.2) is 65.8 Å². The maximum Gasteiger partial charge on any atom is 0.223 e. The van der Waals surface area contributed by atoms with E-state index in [-0.39, 0.29) is 17.2 Å². The van der Waals surface area contributed by atoms with Crippen molar-refractivity contribution in [1.82, 2.24) is 14.7 Å². The fraction of sp³-hybridized carbons (Fsp3) is 0.647. The standard InChI is InChI=1S/C17H25N3O2S/c1-3-19-12-17(9-16(19)22)11-18(10-15-5-4-8-23-15)6-7-20(13-17)14(2)21/h4-5,8H,3,6-7,9-13H2,1-2H3/t17-/m0/s1. The lowest BCUT2D eigenvalue weighted by atomic mass is 9.86. The van der Waals surface area contributed by atoms with Crippen LogP contribution in [0.25, 0.3) is 0 Å². The number of carbonyl (C=O) groups is 2. The van der Waals surface area contributed by atoms with Gasteiger partial charge in [0.1, 0.15) is 0 Å². The van der Waals surface area contributed by atoms with Crippen LogP contribution < -0.4 is 0 Å². The minimum Gasteiger partial charge on any atom is -0.342 e. The minimum absolute atomic E-state index is 0.116. The van der Waals surface area contributed by atoms with Crippen molar-refractivity contribution in [3.63, 3.8) is 0 Å². The molecule has 126 valence electrons. The van der Waals surface area contributed by atoms with Crippen LogP contribution in [0.5, 0.6) is 0 Å². The largest absolute Gasteiger partial charge is 0.342 e. The quantitative estimate of drug-likeness (QED) is 0.844. The maximum atomic E-state index is 12.3. The third kappa shape index (κ3) is 3.58. The molecule has 1 aromatic rings. The van der Waals surface area contributed by atoms with Gasteiger partial charge in [0.05, 0.1) is 0 Å². The molecule has 1 spiro atoms. The number of carbonyl (C=O) groups excluding carboxylic acids is 2. The molecule has 2 aliphatic rings. The summed E-state index contributed by atoms with van der Waals surface area (Å²) in [5, 5.41) is 2.10. The van der Waals surface area contributed by atoms with Gasteiger partial charge in [-0.05, 0) is 18.4 Å². The van der Waals surface area contributed by atoms with E-state index in [1.807, 2.05) is 16.7 Å². The van der Waals surface area contributed by atoms with Crippen molar-refractivity contribution >= 4 is 23.2 Å². The average Bonchev–Trinajstić information content (AvgIpc) is 3.06. The van der Waals surface area contributed by atoms with Crippen LogP contribution in [0.2, 0.25) is 0 Å². The minimum atomic E-state index is -0.119. The Morgan fingerprint density at radius 2 is 2.13 bits per heavy atom. The summed E-state index contributed by atoms with van der Waals surface area (Å²) in [6.07, 6.45) is 0.561. The van der Waals surface area contributed by atoms with Crippen LogP contribution >= 0.6 is 11.3 Å². The molecule has 5 nitrogen and oxygen atoms in total. The molecule has 1 atom stereocenters. The van der Waals surface area contributed by atoms with Crippen molar-refractivity contribution in [2.75, 3.05) is 39.3 Å². The molecule has 3 heterocycles. The van der Waals surface area contributed by atoms with Crippen molar-refractivity contribution in [2.24, 2.45) is 5.41 Å². The fourth-order valence-corrected chi connectivity index (χ4v) is 4.60. The van der Waals surface area contributed by atoms with Gasteiger partial charge < -0.3 is 9.80 Å². The summed E-state index contributed by atoms with van der Waals surface area (Å²) >= 11 is 1.77. The molecule has 0 saturated carbocycles. The highest BCUT2D eigenvalue weighted by molar-refractivity contribution is 7.09. The Hall–Kier alpha value is -1.40. The Bertz CT molecular complexity index is 574. The molecule has 0 bridgehead atoms. The highest BCUT2D eigenvalue weighted by Crippen LogP contribution is 2.35. The lowest BCUT2D eigenvalue weighted by Crippen LogP contribution is -2.43. The highest BCUT2D eigenvalue weighted by atomic mass is 32.1. The average molecular weight is 335 g/mol. The van der Waals surface area contributed by atoms with Gasteiger partial charge in [0.15, 0.2) is 0 Å². The monoisotopic (exact) mass is 335 g/mol. The van der Waals surface area contributed by atoms with Gasteiger partial charge in [-0.15, -0.1) is 11.3 Å². The van der Waals surface area contributed by atoms with Crippen molar-refractivity contribution in [3.05, 3.63) is 22.4 Å². The summed E-state index contributed by atoms with van der Waals surface area (Å²) < 4.78 is 0. The van der Waals surface area contributed by atoms with Crippen LogP contribution in [0.3, 0.4) is 0 Å². The van der Waals surface area contributed by atoms with Gasteiger partial charge in [0, 0.05) is 69.4 Å². The Morgan fingerprint density at radius 3 is 2.74 bits per heavy atom. The molecule has 0 aliphatic carbocycles. The van der Waals surface area contributed by atoms with E-state index in [0.717, 1.165) is 39.3 Å². The molecule has 0 N–H and O–H groups in total. The summed E-state index contributed by atoms with van der Waals surface area (Å²) in [7, 11) is 0. The Labute approximate surface area is 141 Å². The first-order chi connectivity index (χ1) is 11.0. The van der Waals surface area contributed by atoms with Gasteiger partial charge in [-0.25, -0.2) is 0 Å². The molecule has 1 aromatic heterocycles. The van der Waals surface area contributed by atoms with E-state index in [0.29, 0.717) is 13.0 Å². The molecule has 6 heteroatoms. The van der Waals surface area contributed by atoms with E-state index >= 15 is 0 Å². The lowest BCUT2D eigenvalue weighted by molar-refractivity contribution is -0.130. The number of hydrogen-bond donors (Lipinski definition) is 0. The number of likely N-dealkylation sites (tertiary alicyclic amines) is 1. The number of amides is 2. The summed E-state index contributed by atoms with van der Waals surface area (Å²) in [6.45, 7) is 9.31. The lowest BCUT2D eigenvalue weighted by Gasteiger charge is -2.33. The molecule has 3 rings (SSSR count). The van der Waals surface area contributed by atoms with Crippen molar-refractivity contribution in [2.45, 2.75) is 26.8 Å². The van der Waals surface area contributed by atoms with E-state index < -0.39 is 0 Å². The van der Waals surface area contributed by atoms with E-state index in [2.05, 4.69) is 22.4 Å². The van der Waals surface area contributed by atoms with Crippen molar-refractivity contribution in [1.29, 1.82) is 0 Å². The molecule has 2 saturated heterocycles. The smallest absolute Gasteiger partial charge is 0.223 e. The second kappa shape index (κ2) is 6.61. The van der Waals surface area contributed by atoms with Crippen molar-refractivity contribution in [3.8, 4) is 0 Å². The molecule has 2 amide bonds. The molecule has 0 aromatic carbocycles. The first-order valence-corrected chi connectivity index (χ1v) is 9.17. The fourth-order valence-electron chi connectivity index (χ4n) is 3.86. The Balaban J connectivity index is 1.80. The second-order valence-corrected chi connectivity index (χ2v) is 7.85. The summed E-state index contributed by atoms with van der Waals surface area (Å²) in [5.74, 6) is 0.346. The van der Waals surface area contributed by atoms with Gasteiger partial charge in [-0.1, -0.05) is 6.07 Å². The van der Waals surface area contributed by atoms with Crippen LogP contribution in [0, 0.1) is 5.41 Å². The van der Waals surface area contributed by atoms with E-state index in [4.69, 9.17) is 0 Å². The normalized spacial score (nSPS) is 26.1. The van der Waals surface area contributed by atoms with Gasteiger partial charge in [-0.3, -0.25) is 14.5 Å². The Morgan fingerprint density at radius 1 is 1.30 bits per heavy atom. The third-order valence-electron chi connectivity index (χ3n) is 4.96. The van der Waals surface area contributed by atoms with Crippen LogP contribution in [-0.2, 0) is 16.1 Å². The molecule has 0 unspecified atom stereocenters. The number of nitrogens with zero attached hydrogens (tertiary/aromatic N) is 3. The summed E-state index contributed by atoms with van der Waals surface area (Å²) in [4.78, 5) is 31.9. The molecule has 0 radical (unpaired) electrons. The Kier molecular flexibility index (Phi) is 4.73. The number of hydrogen-bond acceptors (Lipinski definition) is 4. The summed E-state index contributed by atoms with van der Waals surface area (Å²) in [5.41, 5.74) is -0.119. The molecular weight excluding hydrogens is 310 g/mol. The van der Waals surface area contributed by atoms with Gasteiger partial charge in [0.2, 0.25) is 11.8 Å². The number of rotatable bonds is 3. The number of thiophene rings is 1. The van der Waals surface area contributed by atoms with Gasteiger partial charge in [0.25, 0.3) is 0 Å². The SMILES string of the molecule is CCN1C[C@]2(CC1=O)CN(Cc1cccs1)CCN(C(C)=O)C2. The molecule has 2 aliphatic heterocycles. The van der Waals surface area contributed by atoms with E-state index in [9.17, 15) is 9.59 Å². The molecule has 23 heavy (non-hydrogen) atoms. The predicted molar refractivity (Wildman–Crippen MR) is 91.2 cm³/mol. The summed E-state index contributed by atoms with van der Waals surface area (Å²) in [6, 6.07) is 4.23. The zero-order valence-corrected chi connectivity index (χ0v) is 14.8. The predicted octanol–water partition coefficient (Wildman–Crippen LogP) is 1.65. The topological polar surface area (TPSA) is 43.9 Å². The van der Waals surface area contributed by atoms with Crippen LogP contribution in [0.1, 0.15) is 25.1 Å². The first-order valence-electron chi connectivity index (χ1n) is 8.29. The second-order valence-electron chi connectivity index (χ2n) is 6.82. The van der Waals surface area contributed by atoms with Crippen molar-refractivity contribution < 1.29 is 9.59 Å². The molecule has 2 fully saturated rings. The zero-order valence-electron chi connectivity index (χ0n) is 14.0. The van der Waals surface area contributed by atoms with E-state index in [1.54, 1.807) is 18.3 Å². The third-order valence-corrected chi connectivity index (χ3v) is 5.82. The van der Waals surface area contributed by atoms with Gasteiger partial charge in [-0.2, -0.15) is 0 Å². The van der Waals surface area contributed by atoms with Crippen LogP contribution in [0.4, 0.5) is 0 Å². The van der Waals surface area contributed by atoms with Crippen LogP contribution in [0.15, 0.2) is 17.5 Å². The molecular formula is C17H25N3O2S. The highest BCUT2D eigenvalue weighted by Gasteiger charge is 2.46. The zero-order chi connectivity index (χ0) is 16.4.